The molecule has 0 fully saturated rings. The van der Waals surface area contributed by atoms with Gasteiger partial charge < -0.3 is 10.5 Å². The molecule has 0 spiro atoms. The lowest BCUT2D eigenvalue weighted by Gasteiger charge is -2.21. The van der Waals surface area contributed by atoms with Crippen molar-refractivity contribution in [3.8, 4) is 6.07 Å². The molecule has 1 rings (SSSR count). The molecule has 18 heavy (non-hydrogen) atoms. The summed E-state index contributed by atoms with van der Waals surface area (Å²) in [6.07, 6.45) is 4.65. The zero-order valence-corrected chi connectivity index (χ0v) is 11.1. The minimum Gasteiger partial charge on any atom is -0.378 e. The first kappa shape index (κ1) is 14.7. The van der Waals surface area contributed by atoms with Crippen LogP contribution in [0.25, 0.3) is 0 Å². The topological polar surface area (TPSA) is 59.0 Å². The highest BCUT2D eigenvalue weighted by atomic mass is 16.5. The van der Waals surface area contributed by atoms with Crippen LogP contribution in [0, 0.1) is 11.3 Å². The second-order valence-corrected chi connectivity index (χ2v) is 4.56. The van der Waals surface area contributed by atoms with Crippen molar-refractivity contribution in [1.29, 1.82) is 5.26 Å². The lowest BCUT2D eigenvalue weighted by molar-refractivity contribution is 0.0989. The van der Waals surface area contributed by atoms with Gasteiger partial charge in [0.05, 0.1) is 12.7 Å². The monoisotopic (exact) mass is 246 g/mol. The minimum absolute atomic E-state index is 0.250. The van der Waals surface area contributed by atoms with E-state index < -0.39 is 5.54 Å². The van der Waals surface area contributed by atoms with E-state index in [2.05, 4.69) is 13.0 Å². The molecule has 0 radical (unpaired) electrons. The summed E-state index contributed by atoms with van der Waals surface area (Å²) < 4.78 is 5.54. The number of nitrogens with zero attached hydrogens (tertiary/aromatic N) is 1. The molecule has 1 unspecified atom stereocenters. The standard InChI is InChI=1S/C15H22N2O/c1-2-3-4-8-11-18-13-15(17,12-16)14-9-6-5-7-10-14/h5-7,9-10H,2-4,8,11,13,17H2,1H3. The van der Waals surface area contributed by atoms with E-state index in [4.69, 9.17) is 10.5 Å². The van der Waals surface area contributed by atoms with Crippen molar-refractivity contribution in [2.24, 2.45) is 5.73 Å². The highest BCUT2D eigenvalue weighted by Crippen LogP contribution is 2.17. The SMILES string of the molecule is CCCCCCOCC(N)(C#N)c1ccccc1. The summed E-state index contributed by atoms with van der Waals surface area (Å²) in [5, 5.41) is 9.22. The van der Waals surface area contributed by atoms with Crippen LogP contribution >= 0.6 is 0 Å². The third-order valence-corrected chi connectivity index (χ3v) is 2.96. The van der Waals surface area contributed by atoms with Crippen molar-refractivity contribution >= 4 is 0 Å². The van der Waals surface area contributed by atoms with Gasteiger partial charge in [0.25, 0.3) is 0 Å². The Morgan fingerprint density at radius 1 is 1.22 bits per heavy atom. The molecule has 0 saturated heterocycles. The average molecular weight is 246 g/mol. The zero-order chi connectivity index (χ0) is 13.3. The summed E-state index contributed by atoms with van der Waals surface area (Å²) >= 11 is 0. The Morgan fingerprint density at radius 3 is 2.56 bits per heavy atom. The van der Waals surface area contributed by atoms with Gasteiger partial charge in [0, 0.05) is 6.61 Å². The molecular formula is C15H22N2O. The van der Waals surface area contributed by atoms with E-state index in [1.54, 1.807) is 0 Å². The molecule has 0 aliphatic carbocycles. The summed E-state index contributed by atoms with van der Waals surface area (Å²) in [6, 6.07) is 11.6. The normalized spacial score (nSPS) is 13.8. The molecule has 0 saturated carbocycles. The van der Waals surface area contributed by atoms with Crippen molar-refractivity contribution < 1.29 is 4.74 Å². The van der Waals surface area contributed by atoms with Crippen LogP contribution in [0.1, 0.15) is 38.2 Å². The van der Waals surface area contributed by atoms with Crippen LogP contribution in [0.15, 0.2) is 30.3 Å². The Bertz CT molecular complexity index is 372. The van der Waals surface area contributed by atoms with E-state index in [0.717, 1.165) is 12.0 Å². The maximum absolute atomic E-state index is 9.22. The Morgan fingerprint density at radius 2 is 1.94 bits per heavy atom. The van der Waals surface area contributed by atoms with Gasteiger partial charge in [-0.3, -0.25) is 0 Å². The maximum atomic E-state index is 9.22. The molecule has 1 aromatic carbocycles. The molecule has 2 N–H and O–H groups in total. The van der Waals surface area contributed by atoms with Gasteiger partial charge in [-0.05, 0) is 12.0 Å². The van der Waals surface area contributed by atoms with Crippen LogP contribution in [-0.4, -0.2) is 13.2 Å². The number of hydrogen-bond donors (Lipinski definition) is 1. The quantitative estimate of drug-likeness (QED) is 0.717. The van der Waals surface area contributed by atoms with E-state index in [-0.39, 0.29) is 6.61 Å². The molecule has 98 valence electrons. The minimum atomic E-state index is -1.04. The van der Waals surface area contributed by atoms with Crippen LogP contribution in [0.2, 0.25) is 0 Å². The number of unbranched alkanes of at least 4 members (excludes halogenated alkanes) is 3. The molecule has 0 aliphatic heterocycles. The van der Waals surface area contributed by atoms with Gasteiger partial charge in [-0.25, -0.2) is 0 Å². The third kappa shape index (κ3) is 4.48. The summed E-state index contributed by atoms with van der Waals surface area (Å²) in [5.74, 6) is 0. The van der Waals surface area contributed by atoms with Crippen molar-refractivity contribution in [1.82, 2.24) is 0 Å². The predicted octanol–water partition coefficient (Wildman–Crippen LogP) is 2.96. The van der Waals surface area contributed by atoms with Crippen molar-refractivity contribution in [2.45, 2.75) is 38.1 Å². The molecule has 3 heteroatoms. The van der Waals surface area contributed by atoms with Gasteiger partial charge in [-0.2, -0.15) is 5.26 Å². The van der Waals surface area contributed by atoms with Crippen molar-refractivity contribution in [3.05, 3.63) is 35.9 Å². The Labute approximate surface area is 110 Å². The fourth-order valence-corrected chi connectivity index (χ4v) is 1.78. The third-order valence-electron chi connectivity index (χ3n) is 2.96. The van der Waals surface area contributed by atoms with Gasteiger partial charge >= 0.3 is 0 Å². The van der Waals surface area contributed by atoms with Gasteiger partial charge in [0.1, 0.15) is 0 Å². The van der Waals surface area contributed by atoms with E-state index in [1.165, 1.54) is 19.3 Å². The molecule has 1 aromatic rings. The largest absolute Gasteiger partial charge is 0.378 e. The zero-order valence-electron chi connectivity index (χ0n) is 11.1. The summed E-state index contributed by atoms with van der Waals surface area (Å²) in [6.45, 7) is 3.10. The molecule has 0 bridgehead atoms. The van der Waals surface area contributed by atoms with E-state index in [0.29, 0.717) is 6.61 Å². The highest BCUT2D eigenvalue weighted by molar-refractivity contribution is 5.30. The number of ether oxygens (including phenoxy) is 1. The molecule has 1 atom stereocenters. The Kier molecular flexibility index (Phi) is 6.42. The number of rotatable bonds is 8. The lowest BCUT2D eigenvalue weighted by Crippen LogP contribution is -2.40. The lowest BCUT2D eigenvalue weighted by atomic mass is 9.94. The van der Waals surface area contributed by atoms with Crippen LogP contribution in [0.5, 0.6) is 0 Å². The molecule has 0 aliphatic rings. The maximum Gasteiger partial charge on any atom is 0.153 e. The second-order valence-electron chi connectivity index (χ2n) is 4.56. The van der Waals surface area contributed by atoms with Gasteiger partial charge in [-0.15, -0.1) is 0 Å². The summed E-state index contributed by atoms with van der Waals surface area (Å²) in [7, 11) is 0. The molecule has 0 heterocycles. The van der Waals surface area contributed by atoms with Crippen LogP contribution in [0.3, 0.4) is 0 Å². The molecule has 3 nitrogen and oxygen atoms in total. The first-order valence-corrected chi connectivity index (χ1v) is 6.56. The van der Waals surface area contributed by atoms with E-state index in [1.807, 2.05) is 30.3 Å². The van der Waals surface area contributed by atoms with Crippen molar-refractivity contribution in [2.75, 3.05) is 13.2 Å². The second kappa shape index (κ2) is 7.86. The molecule has 0 amide bonds. The van der Waals surface area contributed by atoms with Crippen LogP contribution in [0.4, 0.5) is 0 Å². The average Bonchev–Trinajstić information content (AvgIpc) is 2.43. The number of hydrogen-bond acceptors (Lipinski definition) is 3. The predicted molar refractivity (Wildman–Crippen MR) is 72.9 cm³/mol. The first-order chi connectivity index (χ1) is 8.73. The van der Waals surface area contributed by atoms with Crippen molar-refractivity contribution in [3.63, 3.8) is 0 Å². The van der Waals surface area contributed by atoms with Gasteiger partial charge in [0.15, 0.2) is 5.54 Å². The number of benzene rings is 1. The summed E-state index contributed by atoms with van der Waals surface area (Å²) in [5.41, 5.74) is 5.84. The highest BCUT2D eigenvalue weighted by Gasteiger charge is 2.27. The Balaban J connectivity index is 2.40. The van der Waals surface area contributed by atoms with Gasteiger partial charge in [-0.1, -0.05) is 56.5 Å². The molecular weight excluding hydrogens is 224 g/mol. The fourth-order valence-electron chi connectivity index (χ4n) is 1.78. The fraction of sp³-hybridized carbons (Fsp3) is 0.533. The first-order valence-electron chi connectivity index (χ1n) is 6.56. The van der Waals surface area contributed by atoms with Gasteiger partial charge in [0.2, 0.25) is 0 Å². The number of nitriles is 1. The summed E-state index contributed by atoms with van der Waals surface area (Å²) in [4.78, 5) is 0. The number of nitrogens with two attached hydrogens (primary N) is 1. The van der Waals surface area contributed by atoms with Crippen LogP contribution in [-0.2, 0) is 10.3 Å². The molecule has 0 aromatic heterocycles. The smallest absolute Gasteiger partial charge is 0.153 e. The Hall–Kier alpha value is -1.37. The van der Waals surface area contributed by atoms with E-state index in [9.17, 15) is 5.26 Å². The van der Waals surface area contributed by atoms with Crippen LogP contribution < -0.4 is 5.73 Å². The van der Waals surface area contributed by atoms with E-state index >= 15 is 0 Å².